The average molecular weight is 410 g/mol. The largest absolute Gasteiger partial charge is 0.494 e. The lowest BCUT2D eigenvalue weighted by Gasteiger charge is -2.13. The second-order valence-corrected chi connectivity index (χ2v) is 7.44. The molecule has 0 unspecified atom stereocenters. The fourth-order valence-corrected chi connectivity index (χ4v) is 3.27. The van der Waals surface area contributed by atoms with Crippen molar-refractivity contribution in [2.24, 2.45) is 0 Å². The Balaban J connectivity index is 1.73. The van der Waals surface area contributed by atoms with E-state index in [0.29, 0.717) is 33.3 Å². The van der Waals surface area contributed by atoms with E-state index in [2.05, 4.69) is 10.6 Å². The highest BCUT2D eigenvalue weighted by Gasteiger charge is 2.13. The minimum Gasteiger partial charge on any atom is -0.494 e. The molecule has 0 radical (unpaired) electrons. The van der Waals surface area contributed by atoms with Crippen molar-refractivity contribution < 1.29 is 19.1 Å². The number of thiophene rings is 1. The lowest BCUT2D eigenvalue weighted by Crippen LogP contribution is -2.14. The normalized spacial score (nSPS) is 10.5. The zero-order chi connectivity index (χ0) is 20.8. The van der Waals surface area contributed by atoms with E-state index in [1.54, 1.807) is 42.5 Å². The Morgan fingerprint density at radius 3 is 2.48 bits per heavy atom. The van der Waals surface area contributed by atoms with Crippen LogP contribution in [0.3, 0.4) is 0 Å². The maximum Gasteiger partial charge on any atom is 0.265 e. The van der Waals surface area contributed by atoms with Gasteiger partial charge in [0.2, 0.25) is 0 Å². The molecule has 0 saturated carbocycles. The molecule has 0 spiro atoms. The summed E-state index contributed by atoms with van der Waals surface area (Å²) in [6.07, 6.45) is 0.0227. The van der Waals surface area contributed by atoms with E-state index >= 15 is 0 Å². The van der Waals surface area contributed by atoms with Crippen molar-refractivity contribution in [3.8, 4) is 11.5 Å². The molecule has 29 heavy (non-hydrogen) atoms. The highest BCUT2D eigenvalue weighted by molar-refractivity contribution is 7.12. The third-order valence-electron chi connectivity index (χ3n) is 3.92. The minimum atomic E-state index is -0.267. The predicted molar refractivity (Wildman–Crippen MR) is 115 cm³/mol. The van der Waals surface area contributed by atoms with E-state index in [1.807, 2.05) is 31.4 Å². The first-order chi connectivity index (χ1) is 14.0. The van der Waals surface area contributed by atoms with Gasteiger partial charge in [0.15, 0.2) is 0 Å². The summed E-state index contributed by atoms with van der Waals surface area (Å²) in [4.78, 5) is 25.5. The van der Waals surface area contributed by atoms with E-state index in [-0.39, 0.29) is 17.9 Å². The molecular weight excluding hydrogens is 388 g/mol. The summed E-state index contributed by atoms with van der Waals surface area (Å²) in [5.41, 5.74) is 1.56. The molecule has 0 aliphatic heterocycles. The smallest absolute Gasteiger partial charge is 0.265 e. The molecule has 1 aromatic heterocycles. The zero-order valence-corrected chi connectivity index (χ0v) is 17.2. The van der Waals surface area contributed by atoms with Gasteiger partial charge < -0.3 is 20.1 Å². The number of hydrogen-bond donors (Lipinski definition) is 2. The second kappa shape index (κ2) is 9.25. The summed E-state index contributed by atoms with van der Waals surface area (Å²) in [5, 5.41) is 7.49. The molecule has 0 aliphatic carbocycles. The van der Waals surface area contributed by atoms with Crippen LogP contribution in [-0.2, 0) is 0 Å². The van der Waals surface area contributed by atoms with E-state index in [0.717, 1.165) is 0 Å². The number of carbonyl (C=O) groups excluding carboxylic acids is 2. The van der Waals surface area contributed by atoms with Gasteiger partial charge in [-0.25, -0.2) is 0 Å². The zero-order valence-electron chi connectivity index (χ0n) is 16.4. The second-order valence-electron chi connectivity index (χ2n) is 6.50. The summed E-state index contributed by atoms with van der Waals surface area (Å²) in [5.74, 6) is 0.607. The van der Waals surface area contributed by atoms with Crippen LogP contribution < -0.4 is 20.1 Å². The molecule has 0 aliphatic rings. The summed E-state index contributed by atoms with van der Waals surface area (Å²) in [6.45, 7) is 3.86. The Morgan fingerprint density at radius 1 is 0.966 bits per heavy atom. The van der Waals surface area contributed by atoms with Gasteiger partial charge in [-0.05, 0) is 55.6 Å². The first-order valence-electron chi connectivity index (χ1n) is 9.07. The van der Waals surface area contributed by atoms with Crippen LogP contribution in [0.25, 0.3) is 0 Å². The Labute approximate surface area is 173 Å². The number of ether oxygens (including phenoxy) is 2. The monoisotopic (exact) mass is 410 g/mol. The van der Waals surface area contributed by atoms with Crippen molar-refractivity contribution in [3.63, 3.8) is 0 Å². The fraction of sp³-hybridized carbons (Fsp3) is 0.182. The molecule has 6 nitrogen and oxygen atoms in total. The SMILES string of the molecule is COc1cc(NC(=O)c2cccc(OC(C)C)c2)ccc1NC(=O)c1cccs1. The highest BCUT2D eigenvalue weighted by atomic mass is 32.1. The van der Waals surface area contributed by atoms with Gasteiger partial charge in [0.25, 0.3) is 11.8 Å². The maximum atomic E-state index is 12.6. The first-order valence-corrected chi connectivity index (χ1v) is 9.95. The van der Waals surface area contributed by atoms with E-state index in [9.17, 15) is 9.59 Å². The molecular formula is C22H22N2O4S. The van der Waals surface area contributed by atoms with Gasteiger partial charge in [-0.15, -0.1) is 11.3 Å². The van der Waals surface area contributed by atoms with Crippen LogP contribution >= 0.6 is 11.3 Å². The summed E-state index contributed by atoms with van der Waals surface area (Å²) < 4.78 is 11.0. The Bertz CT molecular complexity index is 1000. The first kappa shape index (κ1) is 20.4. The number of carbonyl (C=O) groups is 2. The minimum absolute atomic E-state index is 0.0227. The summed E-state index contributed by atoms with van der Waals surface area (Å²) in [7, 11) is 1.51. The van der Waals surface area contributed by atoms with Crippen LogP contribution in [0.4, 0.5) is 11.4 Å². The molecule has 0 bridgehead atoms. The van der Waals surface area contributed by atoms with Crippen molar-refractivity contribution in [1.82, 2.24) is 0 Å². The van der Waals surface area contributed by atoms with Crippen molar-refractivity contribution in [2.75, 3.05) is 17.7 Å². The van der Waals surface area contributed by atoms with Crippen LogP contribution in [0.5, 0.6) is 11.5 Å². The maximum absolute atomic E-state index is 12.6. The predicted octanol–water partition coefficient (Wildman–Crippen LogP) is 5.05. The molecule has 150 valence electrons. The van der Waals surface area contributed by atoms with E-state index in [4.69, 9.17) is 9.47 Å². The van der Waals surface area contributed by atoms with E-state index < -0.39 is 0 Å². The number of nitrogens with one attached hydrogen (secondary N) is 2. The Morgan fingerprint density at radius 2 is 1.79 bits per heavy atom. The van der Waals surface area contributed by atoms with Gasteiger partial charge in [-0.2, -0.15) is 0 Å². The molecule has 3 rings (SSSR count). The molecule has 1 heterocycles. The lowest BCUT2D eigenvalue weighted by atomic mass is 10.2. The van der Waals surface area contributed by atoms with E-state index in [1.165, 1.54) is 18.4 Å². The number of benzene rings is 2. The fourth-order valence-electron chi connectivity index (χ4n) is 2.65. The van der Waals surface area contributed by atoms with Crippen LogP contribution in [0.2, 0.25) is 0 Å². The van der Waals surface area contributed by atoms with Crippen LogP contribution in [-0.4, -0.2) is 25.0 Å². The van der Waals surface area contributed by atoms with Gasteiger partial charge in [-0.3, -0.25) is 9.59 Å². The lowest BCUT2D eigenvalue weighted by molar-refractivity contribution is 0.101. The molecule has 0 saturated heterocycles. The number of anilines is 2. The topological polar surface area (TPSA) is 76.7 Å². The molecule has 2 aromatic carbocycles. The van der Waals surface area contributed by atoms with Crippen molar-refractivity contribution >= 4 is 34.5 Å². The molecule has 0 fully saturated rings. The van der Waals surface area contributed by atoms with Gasteiger partial charge >= 0.3 is 0 Å². The third-order valence-corrected chi connectivity index (χ3v) is 4.79. The van der Waals surface area contributed by atoms with Crippen LogP contribution in [0.15, 0.2) is 60.0 Å². The van der Waals surface area contributed by atoms with Gasteiger partial charge in [0.1, 0.15) is 11.5 Å². The summed E-state index contributed by atoms with van der Waals surface area (Å²) >= 11 is 1.36. The number of hydrogen-bond acceptors (Lipinski definition) is 5. The highest BCUT2D eigenvalue weighted by Crippen LogP contribution is 2.29. The Kier molecular flexibility index (Phi) is 6.51. The molecule has 2 N–H and O–H groups in total. The molecule has 0 atom stereocenters. The van der Waals surface area contributed by atoms with Crippen LogP contribution in [0, 0.1) is 0 Å². The summed E-state index contributed by atoms with van der Waals surface area (Å²) in [6, 6.07) is 15.6. The third kappa shape index (κ3) is 5.36. The molecule has 3 aromatic rings. The van der Waals surface area contributed by atoms with Gasteiger partial charge in [0.05, 0.1) is 23.8 Å². The van der Waals surface area contributed by atoms with Gasteiger partial charge in [-0.1, -0.05) is 12.1 Å². The molecule has 7 heteroatoms. The van der Waals surface area contributed by atoms with Gasteiger partial charge in [0, 0.05) is 17.3 Å². The van der Waals surface area contributed by atoms with Crippen molar-refractivity contribution in [1.29, 1.82) is 0 Å². The number of amides is 2. The van der Waals surface area contributed by atoms with Crippen LogP contribution in [0.1, 0.15) is 33.9 Å². The standard InChI is InChI=1S/C22H22N2O4S/c1-14(2)28-17-7-4-6-15(12-17)21(25)23-16-9-10-18(19(13-16)27-3)24-22(26)20-8-5-11-29-20/h4-14H,1-3H3,(H,23,25)(H,24,26). The van der Waals surface area contributed by atoms with Crippen molar-refractivity contribution in [2.45, 2.75) is 20.0 Å². The average Bonchev–Trinajstić information content (AvgIpc) is 3.23. The van der Waals surface area contributed by atoms with Crippen molar-refractivity contribution in [3.05, 3.63) is 70.4 Å². The Hall–Kier alpha value is -3.32. The number of rotatable bonds is 7. The quantitative estimate of drug-likeness (QED) is 0.572. The molecule has 2 amide bonds. The number of methoxy groups -OCH3 is 1.